The number of carboxylic acid groups (broad SMARTS) is 1. The van der Waals surface area contributed by atoms with Crippen LogP contribution in [0, 0.1) is 6.33 Å². The van der Waals surface area contributed by atoms with Crippen LogP contribution in [-0.2, 0) is 18.3 Å². The van der Waals surface area contributed by atoms with Crippen molar-refractivity contribution in [3.05, 3.63) is 12.2 Å². The van der Waals surface area contributed by atoms with Crippen LogP contribution in [0.15, 0.2) is 0 Å². The Morgan fingerprint density at radius 1 is 1.90 bits per heavy atom. The maximum atomic E-state index is 10.1. The van der Waals surface area contributed by atoms with Crippen LogP contribution in [0.2, 0.25) is 0 Å². The van der Waals surface area contributed by atoms with Gasteiger partial charge in [-0.1, -0.05) is 0 Å². The number of aliphatic carboxylic acids is 1. The molecule has 1 N–H and O–H groups in total. The zero-order valence-electron chi connectivity index (χ0n) is 5.40. The van der Waals surface area contributed by atoms with E-state index in [-0.39, 0.29) is 6.42 Å². The first-order valence-corrected chi connectivity index (χ1v) is 2.68. The lowest BCUT2D eigenvalue weighted by Gasteiger charge is -1.92. The normalized spacial score (nSPS) is 9.70. The maximum Gasteiger partial charge on any atom is 0.311 e. The Bertz CT molecular complexity index is 243. The molecule has 1 aromatic rings. The zero-order valence-corrected chi connectivity index (χ0v) is 5.40. The Labute approximate surface area is 57.3 Å². The lowest BCUT2D eigenvalue weighted by atomic mass is 10.4. The third kappa shape index (κ3) is 1.31. The molecule has 0 amide bonds. The summed E-state index contributed by atoms with van der Waals surface area (Å²) < 4.78 is 1.45. The number of hydrogen-bond donors (Lipinski definition) is 1. The van der Waals surface area contributed by atoms with Crippen LogP contribution in [0.4, 0.5) is 0 Å². The second kappa shape index (κ2) is 2.47. The molecule has 0 aliphatic carbocycles. The van der Waals surface area contributed by atoms with Crippen molar-refractivity contribution in [3.63, 3.8) is 0 Å². The predicted octanol–water partition coefficient (Wildman–Crippen LogP) is -0.758. The molecule has 10 heavy (non-hydrogen) atoms. The van der Waals surface area contributed by atoms with Crippen molar-refractivity contribution in [2.45, 2.75) is 6.42 Å². The number of rotatable bonds is 2. The van der Waals surface area contributed by atoms with Crippen LogP contribution in [0.3, 0.4) is 0 Å². The first-order chi connectivity index (χ1) is 4.70. The van der Waals surface area contributed by atoms with E-state index in [0.717, 1.165) is 0 Å². The van der Waals surface area contributed by atoms with Gasteiger partial charge >= 0.3 is 5.97 Å². The molecule has 0 saturated carbocycles. The molecule has 0 bridgehead atoms. The third-order valence-corrected chi connectivity index (χ3v) is 1.06. The monoisotopic (exact) mass is 140 g/mol. The Hall–Kier alpha value is -1.39. The molecule has 1 aromatic heterocycles. The minimum absolute atomic E-state index is 0.104. The Balaban J connectivity index is 2.74. The van der Waals surface area contributed by atoms with E-state index >= 15 is 0 Å². The van der Waals surface area contributed by atoms with Gasteiger partial charge in [-0.25, -0.2) is 0 Å². The molecular formula is C5H6N3O2. The van der Waals surface area contributed by atoms with E-state index in [4.69, 9.17) is 5.11 Å². The molecule has 5 heteroatoms. The Morgan fingerprint density at radius 2 is 2.60 bits per heavy atom. The third-order valence-electron chi connectivity index (χ3n) is 1.06. The number of carbonyl (C=O) groups is 1. The van der Waals surface area contributed by atoms with Gasteiger partial charge in [-0.15, -0.1) is 10.2 Å². The highest BCUT2D eigenvalue weighted by Crippen LogP contribution is 1.90. The Morgan fingerprint density at radius 3 is 3.00 bits per heavy atom. The van der Waals surface area contributed by atoms with E-state index < -0.39 is 5.97 Å². The van der Waals surface area contributed by atoms with Crippen LogP contribution < -0.4 is 0 Å². The number of aromatic nitrogens is 3. The summed E-state index contributed by atoms with van der Waals surface area (Å²) in [6.45, 7) is 0. The van der Waals surface area contributed by atoms with E-state index in [0.29, 0.717) is 5.82 Å². The number of carboxylic acids is 1. The lowest BCUT2D eigenvalue weighted by molar-refractivity contribution is -0.136. The molecule has 1 radical (unpaired) electrons. The van der Waals surface area contributed by atoms with E-state index in [1.165, 1.54) is 4.57 Å². The lowest BCUT2D eigenvalue weighted by Crippen LogP contribution is -2.05. The summed E-state index contributed by atoms with van der Waals surface area (Å²) in [4.78, 5) is 10.1. The minimum Gasteiger partial charge on any atom is -0.481 e. The van der Waals surface area contributed by atoms with Crippen molar-refractivity contribution >= 4 is 5.97 Å². The van der Waals surface area contributed by atoms with Gasteiger partial charge in [-0.05, 0) is 0 Å². The molecule has 1 heterocycles. The fourth-order valence-electron chi connectivity index (χ4n) is 0.561. The molecule has 0 aliphatic heterocycles. The summed E-state index contributed by atoms with van der Waals surface area (Å²) in [6.07, 6.45) is 2.36. The van der Waals surface area contributed by atoms with Crippen molar-refractivity contribution in [2.24, 2.45) is 7.05 Å². The fourth-order valence-corrected chi connectivity index (χ4v) is 0.561. The van der Waals surface area contributed by atoms with E-state index in [1.54, 1.807) is 7.05 Å². The maximum absolute atomic E-state index is 10.1. The molecule has 0 fully saturated rings. The molecule has 1 rings (SSSR count). The number of hydrogen-bond acceptors (Lipinski definition) is 3. The quantitative estimate of drug-likeness (QED) is 0.586. The van der Waals surface area contributed by atoms with E-state index in [1.807, 2.05) is 0 Å². The summed E-state index contributed by atoms with van der Waals surface area (Å²) in [6, 6.07) is 0. The number of nitrogens with zero attached hydrogens (tertiary/aromatic N) is 3. The first kappa shape index (κ1) is 6.73. The van der Waals surface area contributed by atoms with Crippen LogP contribution in [0.1, 0.15) is 5.82 Å². The topological polar surface area (TPSA) is 68.0 Å². The molecule has 53 valence electrons. The van der Waals surface area contributed by atoms with Crippen LogP contribution in [-0.4, -0.2) is 25.8 Å². The van der Waals surface area contributed by atoms with Crippen molar-refractivity contribution < 1.29 is 9.90 Å². The van der Waals surface area contributed by atoms with E-state index in [9.17, 15) is 4.79 Å². The second-order valence-electron chi connectivity index (χ2n) is 1.85. The highest BCUT2D eigenvalue weighted by atomic mass is 16.4. The zero-order chi connectivity index (χ0) is 7.56. The second-order valence-corrected chi connectivity index (χ2v) is 1.85. The van der Waals surface area contributed by atoms with Gasteiger partial charge in [0.25, 0.3) is 0 Å². The van der Waals surface area contributed by atoms with Gasteiger partial charge in [0.2, 0.25) is 6.33 Å². The van der Waals surface area contributed by atoms with Gasteiger partial charge in [0, 0.05) is 7.05 Å². The van der Waals surface area contributed by atoms with Gasteiger partial charge in [-0.2, -0.15) is 0 Å². The van der Waals surface area contributed by atoms with Crippen molar-refractivity contribution in [3.8, 4) is 0 Å². The molecule has 0 aliphatic rings. The predicted molar refractivity (Wildman–Crippen MR) is 31.2 cm³/mol. The van der Waals surface area contributed by atoms with Crippen molar-refractivity contribution in [2.75, 3.05) is 0 Å². The summed E-state index contributed by atoms with van der Waals surface area (Å²) in [5, 5.41) is 15.2. The van der Waals surface area contributed by atoms with Crippen molar-refractivity contribution in [1.82, 2.24) is 14.8 Å². The van der Waals surface area contributed by atoms with Gasteiger partial charge < -0.3 is 9.67 Å². The summed E-state index contributed by atoms with van der Waals surface area (Å²) in [7, 11) is 1.65. The SMILES string of the molecule is Cn1[c]nnc1CC(=O)O. The van der Waals surface area contributed by atoms with Crippen molar-refractivity contribution in [1.29, 1.82) is 0 Å². The van der Waals surface area contributed by atoms with Crippen LogP contribution in [0.5, 0.6) is 0 Å². The van der Waals surface area contributed by atoms with E-state index in [2.05, 4.69) is 16.5 Å². The average Bonchev–Trinajstić information content (AvgIpc) is 2.15. The summed E-state index contributed by atoms with van der Waals surface area (Å²) in [5.41, 5.74) is 0. The fraction of sp³-hybridized carbons (Fsp3) is 0.400. The molecule has 0 atom stereocenters. The van der Waals surface area contributed by atoms with Gasteiger partial charge in [-0.3, -0.25) is 4.79 Å². The highest BCUT2D eigenvalue weighted by molar-refractivity contribution is 5.68. The molecule has 0 unspecified atom stereocenters. The molecule has 5 nitrogen and oxygen atoms in total. The van der Waals surface area contributed by atoms with Gasteiger partial charge in [0.1, 0.15) is 12.2 Å². The first-order valence-electron chi connectivity index (χ1n) is 2.68. The smallest absolute Gasteiger partial charge is 0.311 e. The summed E-state index contributed by atoms with van der Waals surface area (Å²) >= 11 is 0. The molecule has 0 spiro atoms. The largest absolute Gasteiger partial charge is 0.481 e. The van der Waals surface area contributed by atoms with Crippen LogP contribution in [0.25, 0.3) is 0 Å². The van der Waals surface area contributed by atoms with Gasteiger partial charge in [0.05, 0.1) is 0 Å². The molecular weight excluding hydrogens is 134 g/mol. The molecule has 0 aromatic carbocycles. The standard InChI is InChI=1S/C5H6N3O2/c1-8-3-6-7-4(8)2-5(9)10/h2H2,1H3,(H,9,10). The van der Waals surface area contributed by atoms with Gasteiger partial charge in [0.15, 0.2) is 0 Å². The highest BCUT2D eigenvalue weighted by Gasteiger charge is 2.05. The van der Waals surface area contributed by atoms with Crippen LogP contribution >= 0.6 is 0 Å². The molecule has 0 saturated heterocycles. The number of aryl methyl sites for hydroxylation is 1. The average molecular weight is 140 g/mol. The Kier molecular flexibility index (Phi) is 1.66. The minimum atomic E-state index is -0.912. The summed E-state index contributed by atoms with van der Waals surface area (Å²) in [5.74, 6) is -0.503.